The zero-order valence-electron chi connectivity index (χ0n) is 18.2. The van der Waals surface area contributed by atoms with Crippen molar-refractivity contribution in [3.8, 4) is 16.9 Å². The van der Waals surface area contributed by atoms with Crippen molar-refractivity contribution in [2.75, 3.05) is 17.7 Å². The molecule has 8 nitrogen and oxygen atoms in total. The van der Waals surface area contributed by atoms with Crippen molar-refractivity contribution in [3.63, 3.8) is 0 Å². The predicted octanol–water partition coefficient (Wildman–Crippen LogP) is 3.99. The summed E-state index contributed by atoms with van der Waals surface area (Å²) in [5.74, 6) is -0.0182. The Bertz CT molecular complexity index is 1420. The van der Waals surface area contributed by atoms with Crippen molar-refractivity contribution < 1.29 is 19.1 Å². The average molecular weight is 452 g/mol. The molecule has 0 unspecified atom stereocenters. The van der Waals surface area contributed by atoms with Gasteiger partial charge < -0.3 is 15.4 Å². The number of rotatable bonds is 6. The van der Waals surface area contributed by atoms with Crippen LogP contribution in [0.5, 0.6) is 5.75 Å². The van der Waals surface area contributed by atoms with Crippen LogP contribution in [0.1, 0.15) is 26.3 Å². The molecular formula is C26H20N4O4. The Kier molecular flexibility index (Phi) is 5.39. The molecule has 1 aliphatic rings. The Morgan fingerprint density at radius 2 is 1.62 bits per heavy atom. The van der Waals surface area contributed by atoms with E-state index in [9.17, 15) is 14.4 Å². The molecule has 0 aliphatic heterocycles. The van der Waals surface area contributed by atoms with Crippen LogP contribution in [0.4, 0.5) is 11.4 Å². The highest BCUT2D eigenvalue weighted by Gasteiger charge is 2.27. The van der Waals surface area contributed by atoms with Crippen molar-refractivity contribution in [2.24, 2.45) is 0 Å². The van der Waals surface area contributed by atoms with E-state index in [-0.39, 0.29) is 24.1 Å². The number of nitrogens with one attached hydrogen (secondary N) is 2. The van der Waals surface area contributed by atoms with Crippen LogP contribution in [0.15, 0.2) is 79.1 Å². The Morgan fingerprint density at radius 1 is 0.882 bits per heavy atom. The van der Waals surface area contributed by atoms with Gasteiger partial charge >= 0.3 is 0 Å². The minimum absolute atomic E-state index is 0.0203. The number of nitrogens with zero attached hydrogens (tertiary/aromatic N) is 2. The van der Waals surface area contributed by atoms with Gasteiger partial charge in [-0.1, -0.05) is 30.3 Å². The SMILES string of the molecule is COc1ccc(NC(=O)Cn2cc(NC(=O)c3ccc4c(c3)C(=O)c3ccccc3-4)cn2)cc1. The molecule has 5 rings (SSSR count). The Hall–Kier alpha value is -4.72. The summed E-state index contributed by atoms with van der Waals surface area (Å²) in [4.78, 5) is 37.8. The van der Waals surface area contributed by atoms with E-state index in [1.807, 2.05) is 18.2 Å². The van der Waals surface area contributed by atoms with Gasteiger partial charge in [-0.25, -0.2) is 0 Å². The fourth-order valence-electron chi connectivity index (χ4n) is 3.91. The van der Waals surface area contributed by atoms with Crippen molar-refractivity contribution in [2.45, 2.75) is 6.54 Å². The van der Waals surface area contributed by atoms with E-state index in [1.54, 1.807) is 61.8 Å². The lowest BCUT2D eigenvalue weighted by molar-refractivity contribution is -0.116. The lowest BCUT2D eigenvalue weighted by Gasteiger charge is -2.06. The highest BCUT2D eigenvalue weighted by molar-refractivity contribution is 6.22. The van der Waals surface area contributed by atoms with Crippen LogP contribution in [0.3, 0.4) is 0 Å². The molecule has 2 amide bonds. The molecule has 0 fully saturated rings. The van der Waals surface area contributed by atoms with Crippen LogP contribution in [-0.4, -0.2) is 34.5 Å². The minimum atomic E-state index is -0.367. The van der Waals surface area contributed by atoms with Crippen LogP contribution in [0, 0.1) is 0 Å². The number of carbonyl (C=O) groups is 3. The monoisotopic (exact) mass is 452 g/mol. The largest absolute Gasteiger partial charge is 0.497 e. The molecule has 34 heavy (non-hydrogen) atoms. The van der Waals surface area contributed by atoms with Gasteiger partial charge in [-0.3, -0.25) is 19.1 Å². The molecule has 1 heterocycles. The molecule has 0 atom stereocenters. The number of fused-ring (bicyclic) bond motifs is 3. The number of benzene rings is 3. The first-order chi connectivity index (χ1) is 16.5. The summed E-state index contributed by atoms with van der Waals surface area (Å²) in [5.41, 5.74) is 4.31. The molecule has 2 N–H and O–H groups in total. The van der Waals surface area contributed by atoms with Crippen molar-refractivity contribution in [1.82, 2.24) is 9.78 Å². The number of hydrogen-bond donors (Lipinski definition) is 2. The number of aromatic nitrogens is 2. The van der Waals surface area contributed by atoms with E-state index in [1.165, 1.54) is 10.9 Å². The number of amides is 2. The summed E-state index contributed by atoms with van der Waals surface area (Å²) in [7, 11) is 1.57. The molecule has 0 saturated carbocycles. The molecule has 4 aromatic rings. The van der Waals surface area contributed by atoms with Gasteiger partial charge in [0.1, 0.15) is 12.3 Å². The molecular weight excluding hydrogens is 432 g/mol. The maximum atomic E-state index is 12.8. The molecule has 0 bridgehead atoms. The Morgan fingerprint density at radius 3 is 2.38 bits per heavy atom. The summed E-state index contributed by atoms with van der Waals surface area (Å²) in [6, 6.07) is 19.5. The van der Waals surface area contributed by atoms with Crippen LogP contribution >= 0.6 is 0 Å². The number of carbonyl (C=O) groups excluding carboxylic acids is 3. The first-order valence-electron chi connectivity index (χ1n) is 10.6. The summed E-state index contributed by atoms with van der Waals surface area (Å²) in [6.07, 6.45) is 3.03. The molecule has 1 aliphatic carbocycles. The highest BCUT2D eigenvalue weighted by Crippen LogP contribution is 2.36. The highest BCUT2D eigenvalue weighted by atomic mass is 16.5. The summed E-state index contributed by atoms with van der Waals surface area (Å²) >= 11 is 0. The second kappa shape index (κ2) is 8.67. The van der Waals surface area contributed by atoms with Crippen molar-refractivity contribution in [1.29, 1.82) is 0 Å². The molecule has 0 spiro atoms. The maximum absolute atomic E-state index is 12.8. The first kappa shape index (κ1) is 21.1. The van der Waals surface area contributed by atoms with Gasteiger partial charge in [0.2, 0.25) is 5.91 Å². The number of hydrogen-bond acceptors (Lipinski definition) is 5. The number of ether oxygens (including phenoxy) is 1. The van der Waals surface area contributed by atoms with Crippen LogP contribution in [0.25, 0.3) is 11.1 Å². The second-order valence-electron chi connectivity index (χ2n) is 7.79. The van der Waals surface area contributed by atoms with Gasteiger partial charge in [-0.15, -0.1) is 0 Å². The maximum Gasteiger partial charge on any atom is 0.255 e. The Balaban J connectivity index is 1.23. The van der Waals surface area contributed by atoms with E-state index in [4.69, 9.17) is 4.74 Å². The lowest BCUT2D eigenvalue weighted by atomic mass is 10.0. The van der Waals surface area contributed by atoms with E-state index in [0.717, 1.165) is 11.1 Å². The van der Waals surface area contributed by atoms with Crippen LogP contribution in [-0.2, 0) is 11.3 Å². The molecule has 1 aromatic heterocycles. The normalized spacial score (nSPS) is 11.5. The zero-order chi connectivity index (χ0) is 23.7. The first-order valence-corrected chi connectivity index (χ1v) is 10.6. The van der Waals surface area contributed by atoms with Gasteiger partial charge in [0.05, 0.1) is 19.0 Å². The molecule has 168 valence electrons. The second-order valence-corrected chi connectivity index (χ2v) is 7.79. The van der Waals surface area contributed by atoms with Crippen LogP contribution < -0.4 is 15.4 Å². The molecule has 8 heteroatoms. The van der Waals surface area contributed by atoms with E-state index in [0.29, 0.717) is 33.8 Å². The molecule has 3 aromatic carbocycles. The van der Waals surface area contributed by atoms with E-state index >= 15 is 0 Å². The van der Waals surface area contributed by atoms with Gasteiger partial charge in [0.25, 0.3) is 5.91 Å². The van der Waals surface area contributed by atoms with Gasteiger partial charge in [0, 0.05) is 28.6 Å². The number of ketones is 1. The zero-order valence-corrected chi connectivity index (χ0v) is 18.2. The average Bonchev–Trinajstić information content (AvgIpc) is 3.41. The third-order valence-electron chi connectivity index (χ3n) is 5.56. The topological polar surface area (TPSA) is 102 Å². The quantitative estimate of drug-likeness (QED) is 0.406. The van der Waals surface area contributed by atoms with Gasteiger partial charge in [-0.05, 0) is 47.5 Å². The Labute approximate surface area is 195 Å². The van der Waals surface area contributed by atoms with E-state index < -0.39 is 0 Å². The third kappa shape index (κ3) is 4.04. The number of anilines is 2. The van der Waals surface area contributed by atoms with Crippen molar-refractivity contribution in [3.05, 3.63) is 95.8 Å². The summed E-state index contributed by atoms with van der Waals surface area (Å²) in [5, 5.41) is 9.68. The molecule has 0 radical (unpaired) electrons. The summed E-state index contributed by atoms with van der Waals surface area (Å²) in [6.45, 7) is -0.0203. The van der Waals surface area contributed by atoms with Gasteiger partial charge in [-0.2, -0.15) is 5.10 Å². The third-order valence-corrected chi connectivity index (χ3v) is 5.56. The van der Waals surface area contributed by atoms with Crippen molar-refractivity contribution >= 4 is 29.0 Å². The smallest absolute Gasteiger partial charge is 0.255 e. The minimum Gasteiger partial charge on any atom is -0.497 e. The van der Waals surface area contributed by atoms with E-state index in [2.05, 4.69) is 15.7 Å². The fraction of sp³-hybridized carbons (Fsp3) is 0.0769. The lowest BCUT2D eigenvalue weighted by Crippen LogP contribution is -2.19. The summed E-state index contributed by atoms with van der Waals surface area (Å²) < 4.78 is 6.53. The molecule has 0 saturated heterocycles. The fourth-order valence-corrected chi connectivity index (χ4v) is 3.91. The van der Waals surface area contributed by atoms with Crippen LogP contribution in [0.2, 0.25) is 0 Å². The van der Waals surface area contributed by atoms with Gasteiger partial charge in [0.15, 0.2) is 5.78 Å². The predicted molar refractivity (Wildman–Crippen MR) is 127 cm³/mol. The number of methoxy groups -OCH3 is 1. The standard InChI is InChI=1S/C26H20N4O4/c1-34-19-9-7-17(8-10-19)28-24(31)15-30-14-18(13-27-30)29-26(33)16-6-11-21-20-4-2-3-5-22(20)25(32)23(21)12-16/h2-14H,15H2,1H3,(H,28,31)(H,29,33).